The van der Waals surface area contributed by atoms with Gasteiger partial charge in [-0.1, -0.05) is 0 Å². The molecule has 134 valence electrons. The highest BCUT2D eigenvalue weighted by Gasteiger charge is 2.07. The summed E-state index contributed by atoms with van der Waals surface area (Å²) in [5, 5.41) is 19.1. The Morgan fingerprint density at radius 1 is 0.778 bits per heavy atom. The second-order valence-corrected chi connectivity index (χ2v) is 6.12. The van der Waals surface area contributed by atoms with Gasteiger partial charge < -0.3 is 10.2 Å². The number of hydrogen-bond acceptors (Lipinski definition) is 6. The molecular weight excluding hydrogens is 416 g/mol. The van der Waals surface area contributed by atoms with Crippen molar-refractivity contribution in [2.75, 3.05) is 0 Å². The molecule has 0 radical (unpaired) electrons. The Bertz CT molecular complexity index is 1170. The third-order valence-electron chi connectivity index (χ3n) is 3.48. The van der Waals surface area contributed by atoms with Crippen molar-refractivity contribution in [1.82, 2.24) is 19.9 Å². The highest BCUT2D eigenvalue weighted by atomic mass is 79.9. The lowest BCUT2D eigenvalue weighted by Gasteiger charge is -1.99. The predicted octanol–water partition coefficient (Wildman–Crippen LogP) is 3.42. The SMILES string of the molecule is O=C(O)c1ccc2cncc(Br)c2n1.O=C(O)c1ccc2cnccc2n1. The first-order valence-corrected chi connectivity index (χ1v) is 8.32. The maximum atomic E-state index is 10.7. The summed E-state index contributed by atoms with van der Waals surface area (Å²) >= 11 is 3.26. The molecule has 0 spiro atoms. The van der Waals surface area contributed by atoms with Gasteiger partial charge in [-0.2, -0.15) is 0 Å². The van der Waals surface area contributed by atoms with E-state index in [1.807, 2.05) is 0 Å². The Balaban J connectivity index is 0.000000156. The zero-order valence-corrected chi connectivity index (χ0v) is 15.2. The molecule has 2 N–H and O–H groups in total. The molecule has 4 rings (SSSR count). The summed E-state index contributed by atoms with van der Waals surface area (Å²) in [5.41, 5.74) is 1.35. The fourth-order valence-electron chi connectivity index (χ4n) is 2.21. The van der Waals surface area contributed by atoms with Crippen molar-refractivity contribution < 1.29 is 19.8 Å². The molecule has 0 aromatic carbocycles. The van der Waals surface area contributed by atoms with Gasteiger partial charge in [0.25, 0.3) is 0 Å². The number of carbonyl (C=O) groups is 2. The second-order valence-electron chi connectivity index (χ2n) is 5.26. The normalized spacial score (nSPS) is 10.3. The van der Waals surface area contributed by atoms with E-state index in [1.165, 1.54) is 12.1 Å². The monoisotopic (exact) mass is 426 g/mol. The molecule has 0 amide bonds. The minimum Gasteiger partial charge on any atom is -0.477 e. The second kappa shape index (κ2) is 7.83. The zero-order chi connectivity index (χ0) is 19.4. The van der Waals surface area contributed by atoms with Crippen LogP contribution < -0.4 is 0 Å². The van der Waals surface area contributed by atoms with Gasteiger partial charge >= 0.3 is 11.9 Å². The summed E-state index contributed by atoms with van der Waals surface area (Å²) in [6.45, 7) is 0. The van der Waals surface area contributed by atoms with Crippen LogP contribution in [0.4, 0.5) is 0 Å². The first-order valence-electron chi connectivity index (χ1n) is 7.53. The summed E-state index contributed by atoms with van der Waals surface area (Å²) < 4.78 is 0.693. The number of aromatic carboxylic acids is 2. The number of halogens is 1. The van der Waals surface area contributed by atoms with E-state index in [0.29, 0.717) is 15.5 Å². The Morgan fingerprint density at radius 2 is 1.41 bits per heavy atom. The average Bonchev–Trinajstić information content (AvgIpc) is 2.68. The molecule has 4 aromatic rings. The van der Waals surface area contributed by atoms with Gasteiger partial charge in [0, 0.05) is 35.6 Å². The summed E-state index contributed by atoms with van der Waals surface area (Å²) in [7, 11) is 0. The molecular formula is C18H11BrN4O4. The minimum atomic E-state index is -1.03. The van der Waals surface area contributed by atoms with Crippen molar-refractivity contribution in [1.29, 1.82) is 0 Å². The van der Waals surface area contributed by atoms with Crippen LogP contribution in [0, 0.1) is 0 Å². The molecule has 0 atom stereocenters. The summed E-state index contributed by atoms with van der Waals surface area (Å²) in [6.07, 6.45) is 6.45. The summed E-state index contributed by atoms with van der Waals surface area (Å²) in [6, 6.07) is 7.98. The van der Waals surface area contributed by atoms with Gasteiger partial charge in [-0.05, 0) is 46.3 Å². The lowest BCUT2D eigenvalue weighted by Crippen LogP contribution is -2.00. The van der Waals surface area contributed by atoms with Crippen LogP contribution >= 0.6 is 15.9 Å². The van der Waals surface area contributed by atoms with E-state index < -0.39 is 11.9 Å². The number of hydrogen-bond donors (Lipinski definition) is 2. The number of pyridine rings is 4. The van der Waals surface area contributed by atoms with E-state index in [1.54, 1.807) is 43.0 Å². The van der Waals surface area contributed by atoms with Crippen LogP contribution in [0.3, 0.4) is 0 Å². The van der Waals surface area contributed by atoms with Gasteiger partial charge in [-0.3, -0.25) is 9.97 Å². The maximum Gasteiger partial charge on any atom is 0.354 e. The van der Waals surface area contributed by atoms with Gasteiger partial charge in [-0.25, -0.2) is 19.6 Å². The van der Waals surface area contributed by atoms with Crippen LogP contribution in [0.25, 0.3) is 21.8 Å². The number of rotatable bonds is 2. The number of aromatic nitrogens is 4. The molecule has 0 aliphatic rings. The average molecular weight is 427 g/mol. The van der Waals surface area contributed by atoms with Crippen molar-refractivity contribution in [3.05, 3.63) is 71.0 Å². The van der Waals surface area contributed by atoms with Gasteiger partial charge in [0.15, 0.2) is 0 Å². The van der Waals surface area contributed by atoms with Crippen molar-refractivity contribution in [2.45, 2.75) is 0 Å². The molecule has 0 unspecified atom stereocenters. The molecule has 0 saturated heterocycles. The standard InChI is InChI=1S/C9H5BrN2O2.C9H6N2O2/c10-6-4-11-3-5-1-2-7(9(13)14)12-8(5)6;12-9(13)8-2-1-6-5-10-4-3-7(6)11-8/h1-4H,(H,13,14);1-5H,(H,12,13). The van der Waals surface area contributed by atoms with Crippen molar-refractivity contribution in [2.24, 2.45) is 0 Å². The maximum absolute atomic E-state index is 10.7. The zero-order valence-electron chi connectivity index (χ0n) is 13.6. The predicted molar refractivity (Wildman–Crippen MR) is 101 cm³/mol. The fourth-order valence-corrected chi connectivity index (χ4v) is 2.65. The quantitative estimate of drug-likeness (QED) is 0.499. The van der Waals surface area contributed by atoms with E-state index in [-0.39, 0.29) is 11.4 Å². The Kier molecular flexibility index (Phi) is 5.32. The van der Waals surface area contributed by atoms with E-state index in [0.717, 1.165) is 10.8 Å². The first kappa shape index (κ1) is 18.3. The fraction of sp³-hybridized carbons (Fsp3) is 0. The van der Waals surface area contributed by atoms with Crippen LogP contribution in [0.15, 0.2) is 59.6 Å². The highest BCUT2D eigenvalue weighted by molar-refractivity contribution is 9.10. The third-order valence-corrected chi connectivity index (χ3v) is 4.06. The molecule has 27 heavy (non-hydrogen) atoms. The lowest BCUT2D eigenvalue weighted by molar-refractivity contribution is 0.0680. The van der Waals surface area contributed by atoms with Gasteiger partial charge in [0.05, 0.1) is 15.5 Å². The topological polar surface area (TPSA) is 126 Å². The van der Waals surface area contributed by atoms with Crippen molar-refractivity contribution in [3.63, 3.8) is 0 Å². The Hall–Kier alpha value is -3.46. The minimum absolute atomic E-state index is 0.0319. The third kappa shape index (κ3) is 4.21. The van der Waals surface area contributed by atoms with Crippen molar-refractivity contribution in [3.8, 4) is 0 Å². The Labute approximate surface area is 160 Å². The molecule has 0 fully saturated rings. The van der Waals surface area contributed by atoms with Gasteiger partial charge in [-0.15, -0.1) is 0 Å². The van der Waals surface area contributed by atoms with E-state index in [2.05, 4.69) is 35.9 Å². The number of fused-ring (bicyclic) bond motifs is 2. The van der Waals surface area contributed by atoms with E-state index in [4.69, 9.17) is 10.2 Å². The largest absolute Gasteiger partial charge is 0.477 e. The van der Waals surface area contributed by atoms with Crippen LogP contribution in [-0.2, 0) is 0 Å². The van der Waals surface area contributed by atoms with E-state index >= 15 is 0 Å². The van der Waals surface area contributed by atoms with Crippen molar-refractivity contribution >= 4 is 49.7 Å². The molecule has 0 aliphatic heterocycles. The molecule has 4 heterocycles. The van der Waals surface area contributed by atoms with Gasteiger partial charge in [0.1, 0.15) is 11.4 Å². The molecule has 0 saturated carbocycles. The van der Waals surface area contributed by atoms with Crippen LogP contribution in [-0.4, -0.2) is 42.1 Å². The molecule has 8 nitrogen and oxygen atoms in total. The number of carboxylic acid groups (broad SMARTS) is 2. The smallest absolute Gasteiger partial charge is 0.354 e. The van der Waals surface area contributed by atoms with Gasteiger partial charge in [0.2, 0.25) is 0 Å². The van der Waals surface area contributed by atoms with Crippen LogP contribution in [0.1, 0.15) is 21.0 Å². The molecule has 4 aromatic heterocycles. The lowest BCUT2D eigenvalue weighted by atomic mass is 10.2. The van der Waals surface area contributed by atoms with Crippen LogP contribution in [0.5, 0.6) is 0 Å². The summed E-state index contributed by atoms with van der Waals surface area (Å²) in [5.74, 6) is -2.05. The molecule has 0 bridgehead atoms. The molecule has 0 aliphatic carbocycles. The van der Waals surface area contributed by atoms with Crippen LogP contribution in [0.2, 0.25) is 0 Å². The number of carboxylic acids is 2. The Morgan fingerprint density at radius 3 is 2.11 bits per heavy atom. The first-order chi connectivity index (χ1) is 13.0. The summed E-state index contributed by atoms with van der Waals surface area (Å²) in [4.78, 5) is 37.0. The van der Waals surface area contributed by atoms with E-state index in [9.17, 15) is 9.59 Å². The number of nitrogens with zero attached hydrogens (tertiary/aromatic N) is 4. The molecule has 9 heteroatoms. The highest BCUT2D eigenvalue weighted by Crippen LogP contribution is 2.20.